The summed E-state index contributed by atoms with van der Waals surface area (Å²) in [6, 6.07) is 9.77. The van der Waals surface area contributed by atoms with E-state index in [0.717, 1.165) is 5.56 Å². The number of benzene rings is 1. The van der Waals surface area contributed by atoms with Crippen LogP contribution in [0.5, 0.6) is 0 Å². The van der Waals surface area contributed by atoms with Crippen molar-refractivity contribution in [2.24, 2.45) is 0 Å². The minimum Gasteiger partial charge on any atom is -0.395 e. The van der Waals surface area contributed by atoms with Crippen LogP contribution in [0, 0.1) is 0 Å². The summed E-state index contributed by atoms with van der Waals surface area (Å²) < 4.78 is 5.44. The molecule has 0 spiro atoms. The van der Waals surface area contributed by atoms with Crippen molar-refractivity contribution in [3.05, 3.63) is 35.9 Å². The summed E-state index contributed by atoms with van der Waals surface area (Å²) in [7, 11) is 0. The third-order valence-corrected chi connectivity index (χ3v) is 2.72. The first-order valence-corrected chi connectivity index (χ1v) is 6.50. The lowest BCUT2D eigenvalue weighted by Gasteiger charge is -2.23. The van der Waals surface area contributed by atoms with E-state index in [1.165, 1.54) is 0 Å². The van der Waals surface area contributed by atoms with Crippen molar-refractivity contribution in [1.29, 1.82) is 0 Å². The third-order valence-electron chi connectivity index (χ3n) is 2.72. The maximum absolute atomic E-state index is 9.82. The van der Waals surface area contributed by atoms with Crippen LogP contribution in [0.1, 0.15) is 5.56 Å². The van der Waals surface area contributed by atoms with Crippen LogP contribution in [0.25, 0.3) is 0 Å². The van der Waals surface area contributed by atoms with Gasteiger partial charge in [-0.15, -0.1) is 0 Å². The summed E-state index contributed by atoms with van der Waals surface area (Å²) in [6.45, 7) is 2.00. The normalized spacial score (nSPS) is 12.8. The van der Waals surface area contributed by atoms with Gasteiger partial charge in [-0.3, -0.25) is 4.90 Å². The molecule has 0 saturated heterocycles. The zero-order chi connectivity index (χ0) is 13.9. The van der Waals surface area contributed by atoms with E-state index in [-0.39, 0.29) is 19.8 Å². The van der Waals surface area contributed by atoms with Crippen LogP contribution < -0.4 is 0 Å². The lowest BCUT2D eigenvalue weighted by Crippen LogP contribution is -2.38. The lowest BCUT2D eigenvalue weighted by molar-refractivity contribution is 0.00524. The van der Waals surface area contributed by atoms with Crippen molar-refractivity contribution < 1.29 is 20.1 Å². The zero-order valence-electron chi connectivity index (χ0n) is 11.1. The van der Waals surface area contributed by atoms with Crippen LogP contribution in [0.3, 0.4) is 0 Å². The fourth-order valence-corrected chi connectivity index (χ4v) is 1.82. The number of rotatable bonds is 10. The molecule has 5 nitrogen and oxygen atoms in total. The minimum absolute atomic E-state index is 0.0115. The highest BCUT2D eigenvalue weighted by atomic mass is 16.5. The first-order valence-electron chi connectivity index (χ1n) is 6.50. The molecule has 19 heavy (non-hydrogen) atoms. The Hall–Kier alpha value is -0.980. The summed E-state index contributed by atoms with van der Waals surface area (Å²) in [4.78, 5) is 1.80. The highest BCUT2D eigenvalue weighted by Gasteiger charge is 2.11. The average Bonchev–Trinajstić information content (AvgIpc) is 2.40. The molecule has 0 aliphatic carbocycles. The molecule has 0 amide bonds. The second kappa shape index (κ2) is 9.89. The maximum Gasteiger partial charge on any atom is 0.0900 e. The van der Waals surface area contributed by atoms with Crippen molar-refractivity contribution >= 4 is 0 Å². The van der Waals surface area contributed by atoms with E-state index < -0.39 is 6.10 Å². The molecule has 0 unspecified atom stereocenters. The predicted octanol–water partition coefficient (Wildman–Crippen LogP) is -0.149. The van der Waals surface area contributed by atoms with Crippen molar-refractivity contribution in [2.45, 2.75) is 12.7 Å². The van der Waals surface area contributed by atoms with E-state index in [0.29, 0.717) is 26.2 Å². The van der Waals surface area contributed by atoms with Gasteiger partial charge in [-0.2, -0.15) is 0 Å². The fourth-order valence-electron chi connectivity index (χ4n) is 1.82. The van der Waals surface area contributed by atoms with E-state index in [9.17, 15) is 5.11 Å². The highest BCUT2D eigenvalue weighted by Crippen LogP contribution is 2.01. The molecule has 0 saturated carbocycles. The van der Waals surface area contributed by atoms with Gasteiger partial charge in [0, 0.05) is 19.6 Å². The van der Waals surface area contributed by atoms with Gasteiger partial charge in [0.1, 0.15) is 0 Å². The monoisotopic (exact) mass is 269 g/mol. The van der Waals surface area contributed by atoms with Crippen LogP contribution in [-0.4, -0.2) is 65.8 Å². The summed E-state index contributed by atoms with van der Waals surface area (Å²) in [6.07, 6.45) is -0.623. The molecule has 5 heteroatoms. The Balaban J connectivity index is 2.20. The van der Waals surface area contributed by atoms with Gasteiger partial charge < -0.3 is 20.1 Å². The lowest BCUT2D eigenvalue weighted by atomic mass is 10.2. The molecule has 1 atom stereocenters. The van der Waals surface area contributed by atoms with Crippen molar-refractivity contribution in [3.8, 4) is 0 Å². The van der Waals surface area contributed by atoms with Crippen LogP contribution >= 0.6 is 0 Å². The summed E-state index contributed by atoms with van der Waals surface area (Å²) in [5.74, 6) is 0. The molecule has 0 heterocycles. The van der Waals surface area contributed by atoms with Gasteiger partial charge in [0.05, 0.1) is 32.5 Å². The molecule has 1 aromatic rings. The van der Waals surface area contributed by atoms with E-state index in [4.69, 9.17) is 14.9 Å². The number of aliphatic hydroxyl groups excluding tert-OH is 3. The Bertz CT molecular complexity index is 314. The predicted molar refractivity (Wildman–Crippen MR) is 72.7 cm³/mol. The first kappa shape index (κ1) is 16.1. The third kappa shape index (κ3) is 7.25. The summed E-state index contributed by atoms with van der Waals surface area (Å²) >= 11 is 0. The molecule has 0 fully saturated rings. The van der Waals surface area contributed by atoms with E-state index in [2.05, 4.69) is 0 Å². The summed E-state index contributed by atoms with van der Waals surface area (Å²) in [5.41, 5.74) is 1.07. The molecular formula is C14H23NO4. The smallest absolute Gasteiger partial charge is 0.0900 e. The van der Waals surface area contributed by atoms with E-state index >= 15 is 0 Å². The Morgan fingerprint density at radius 2 is 1.68 bits per heavy atom. The van der Waals surface area contributed by atoms with Crippen molar-refractivity contribution in [1.82, 2.24) is 4.90 Å². The van der Waals surface area contributed by atoms with E-state index in [1.807, 2.05) is 30.3 Å². The van der Waals surface area contributed by atoms with Crippen molar-refractivity contribution in [3.63, 3.8) is 0 Å². The number of hydrogen-bond acceptors (Lipinski definition) is 5. The number of aliphatic hydroxyl groups is 3. The molecule has 0 aromatic heterocycles. The van der Waals surface area contributed by atoms with Crippen molar-refractivity contribution in [2.75, 3.05) is 39.5 Å². The quantitative estimate of drug-likeness (QED) is 0.551. The van der Waals surface area contributed by atoms with Crippen LogP contribution in [0.4, 0.5) is 0 Å². The van der Waals surface area contributed by atoms with Gasteiger partial charge in [-0.25, -0.2) is 0 Å². The molecule has 1 aromatic carbocycles. The summed E-state index contributed by atoms with van der Waals surface area (Å²) in [5, 5.41) is 27.6. The van der Waals surface area contributed by atoms with E-state index in [1.54, 1.807) is 4.90 Å². The van der Waals surface area contributed by atoms with Gasteiger partial charge in [0.2, 0.25) is 0 Å². The Morgan fingerprint density at radius 3 is 2.26 bits per heavy atom. The number of nitrogens with zero attached hydrogens (tertiary/aromatic N) is 1. The van der Waals surface area contributed by atoms with Gasteiger partial charge in [0.25, 0.3) is 0 Å². The molecule has 0 aliphatic rings. The molecule has 0 aliphatic heterocycles. The molecular weight excluding hydrogens is 246 g/mol. The van der Waals surface area contributed by atoms with Crippen LogP contribution in [0.15, 0.2) is 30.3 Å². The Labute approximate surface area is 114 Å². The topological polar surface area (TPSA) is 73.2 Å². The van der Waals surface area contributed by atoms with Gasteiger partial charge in [-0.1, -0.05) is 30.3 Å². The SMILES string of the molecule is OCCN(CCO)C[C@@H](O)COCc1ccccc1. The highest BCUT2D eigenvalue weighted by molar-refractivity contribution is 5.13. The number of hydrogen-bond donors (Lipinski definition) is 3. The van der Waals surface area contributed by atoms with Crippen LogP contribution in [0.2, 0.25) is 0 Å². The maximum atomic E-state index is 9.82. The molecule has 1 rings (SSSR count). The van der Waals surface area contributed by atoms with Gasteiger partial charge >= 0.3 is 0 Å². The fraction of sp³-hybridized carbons (Fsp3) is 0.571. The first-order chi connectivity index (χ1) is 9.26. The van der Waals surface area contributed by atoms with Gasteiger partial charge in [-0.05, 0) is 5.56 Å². The Kier molecular flexibility index (Phi) is 8.36. The molecule has 0 radical (unpaired) electrons. The average molecular weight is 269 g/mol. The largest absolute Gasteiger partial charge is 0.395 e. The Morgan fingerprint density at radius 1 is 1.05 bits per heavy atom. The van der Waals surface area contributed by atoms with Gasteiger partial charge in [0.15, 0.2) is 0 Å². The zero-order valence-corrected chi connectivity index (χ0v) is 11.1. The molecule has 0 bridgehead atoms. The minimum atomic E-state index is -0.623. The van der Waals surface area contributed by atoms with Crippen LogP contribution in [-0.2, 0) is 11.3 Å². The number of ether oxygens (including phenoxy) is 1. The second-order valence-corrected chi connectivity index (χ2v) is 4.40. The molecule has 108 valence electrons. The standard InChI is InChI=1S/C14H23NO4/c16-8-6-15(7-9-17)10-14(18)12-19-11-13-4-2-1-3-5-13/h1-5,14,16-18H,6-12H2/t14-/m1/s1. The second-order valence-electron chi connectivity index (χ2n) is 4.40. The molecule has 3 N–H and O–H groups in total.